The fourth-order valence-corrected chi connectivity index (χ4v) is 1.76. The van der Waals surface area contributed by atoms with Crippen LogP contribution in [0.1, 0.15) is 10.9 Å². The van der Waals surface area contributed by atoms with Gasteiger partial charge in [-0.25, -0.2) is 0 Å². The normalized spacial score (nSPS) is 11.8. The van der Waals surface area contributed by atoms with Gasteiger partial charge in [0, 0.05) is 11.9 Å². The number of nitrogens with zero attached hydrogens (tertiary/aromatic N) is 1. The van der Waals surface area contributed by atoms with Crippen molar-refractivity contribution < 1.29 is 4.79 Å². The van der Waals surface area contributed by atoms with E-state index >= 15 is 0 Å². The van der Waals surface area contributed by atoms with Crippen LogP contribution in [-0.2, 0) is 4.79 Å². The highest BCUT2D eigenvalue weighted by molar-refractivity contribution is 7.10. The van der Waals surface area contributed by atoms with E-state index in [1.807, 2.05) is 17.5 Å². The molecule has 1 rings (SSSR count). The van der Waals surface area contributed by atoms with Gasteiger partial charge in [0.1, 0.15) is 6.04 Å². The van der Waals surface area contributed by atoms with Gasteiger partial charge in [0.25, 0.3) is 0 Å². The van der Waals surface area contributed by atoms with Crippen LogP contribution in [-0.4, -0.2) is 24.4 Å². The van der Waals surface area contributed by atoms with Gasteiger partial charge in [-0.05, 0) is 11.4 Å². The summed E-state index contributed by atoms with van der Waals surface area (Å²) >= 11 is 1.47. The fraction of sp³-hybridized carbons (Fsp3) is 0.300. The molecule has 1 aromatic rings. The number of terminal acetylenes is 1. The molecule has 4 heteroatoms. The molecule has 2 N–H and O–H groups in total. The zero-order valence-corrected chi connectivity index (χ0v) is 8.75. The lowest BCUT2D eigenvalue weighted by Crippen LogP contribution is -2.35. The number of likely N-dealkylation sites (N-methyl/N-ethyl adjacent to an activating group) is 1. The Bertz CT molecular complexity index is 340. The van der Waals surface area contributed by atoms with Gasteiger partial charge in [-0.15, -0.1) is 17.8 Å². The van der Waals surface area contributed by atoms with Crippen molar-refractivity contribution in [2.24, 2.45) is 5.73 Å². The van der Waals surface area contributed by atoms with Gasteiger partial charge in [-0.3, -0.25) is 4.79 Å². The second-order valence-electron chi connectivity index (χ2n) is 2.89. The van der Waals surface area contributed by atoms with Crippen molar-refractivity contribution in [1.82, 2.24) is 4.90 Å². The minimum atomic E-state index is -0.589. The molecule has 3 nitrogen and oxygen atoms in total. The summed E-state index contributed by atoms with van der Waals surface area (Å²) in [6.45, 7) is 0.290. The van der Waals surface area contributed by atoms with E-state index in [9.17, 15) is 4.79 Å². The molecule has 1 aromatic heterocycles. The van der Waals surface area contributed by atoms with Crippen molar-refractivity contribution in [3.63, 3.8) is 0 Å². The van der Waals surface area contributed by atoms with E-state index in [1.54, 1.807) is 7.05 Å². The Morgan fingerprint density at radius 1 is 1.86 bits per heavy atom. The first kappa shape index (κ1) is 10.8. The van der Waals surface area contributed by atoms with Crippen LogP contribution in [0.25, 0.3) is 0 Å². The summed E-state index contributed by atoms with van der Waals surface area (Å²) in [6, 6.07) is 3.12. The minimum absolute atomic E-state index is 0.148. The summed E-state index contributed by atoms with van der Waals surface area (Å²) in [5, 5.41) is 1.89. The quantitative estimate of drug-likeness (QED) is 0.748. The van der Waals surface area contributed by atoms with E-state index in [0.717, 1.165) is 4.88 Å². The van der Waals surface area contributed by atoms with Crippen LogP contribution in [0.4, 0.5) is 0 Å². The molecule has 0 aliphatic heterocycles. The second-order valence-corrected chi connectivity index (χ2v) is 3.87. The lowest BCUT2D eigenvalue weighted by Gasteiger charge is -2.17. The second kappa shape index (κ2) is 4.80. The van der Waals surface area contributed by atoms with Crippen molar-refractivity contribution in [1.29, 1.82) is 0 Å². The van der Waals surface area contributed by atoms with Gasteiger partial charge in [0.15, 0.2) is 0 Å². The minimum Gasteiger partial charge on any atom is -0.333 e. The standard InChI is InChI=1S/C10H12N2OS/c1-3-6-12(2)10(13)9(11)8-5-4-7-14-8/h1,4-5,7,9H,6,11H2,2H3. The lowest BCUT2D eigenvalue weighted by atomic mass is 10.2. The van der Waals surface area contributed by atoms with Crippen molar-refractivity contribution in [2.45, 2.75) is 6.04 Å². The number of carbonyl (C=O) groups is 1. The van der Waals surface area contributed by atoms with E-state index in [2.05, 4.69) is 5.92 Å². The van der Waals surface area contributed by atoms with Gasteiger partial charge >= 0.3 is 0 Å². The largest absolute Gasteiger partial charge is 0.333 e. The molecule has 0 saturated heterocycles. The van der Waals surface area contributed by atoms with Gasteiger partial charge in [0.05, 0.1) is 6.54 Å². The molecule has 1 heterocycles. The van der Waals surface area contributed by atoms with E-state index in [4.69, 9.17) is 12.2 Å². The highest BCUT2D eigenvalue weighted by Gasteiger charge is 2.19. The number of rotatable bonds is 3. The molecular formula is C10H12N2OS. The monoisotopic (exact) mass is 208 g/mol. The molecule has 0 fully saturated rings. The van der Waals surface area contributed by atoms with Gasteiger partial charge < -0.3 is 10.6 Å². The van der Waals surface area contributed by atoms with E-state index < -0.39 is 6.04 Å². The first-order chi connectivity index (χ1) is 6.66. The first-order valence-corrected chi connectivity index (χ1v) is 5.02. The van der Waals surface area contributed by atoms with E-state index in [1.165, 1.54) is 16.2 Å². The van der Waals surface area contributed by atoms with Gasteiger partial charge in [-0.2, -0.15) is 0 Å². The topological polar surface area (TPSA) is 46.3 Å². The molecule has 0 aliphatic carbocycles. The first-order valence-electron chi connectivity index (χ1n) is 4.14. The maximum absolute atomic E-state index is 11.6. The molecule has 14 heavy (non-hydrogen) atoms. The van der Waals surface area contributed by atoms with Crippen molar-refractivity contribution in [3.8, 4) is 12.3 Å². The average Bonchev–Trinajstić information content (AvgIpc) is 2.68. The van der Waals surface area contributed by atoms with Crippen molar-refractivity contribution >= 4 is 17.2 Å². The summed E-state index contributed by atoms with van der Waals surface area (Å²) in [5.74, 6) is 2.25. The number of hydrogen-bond donors (Lipinski definition) is 1. The Kier molecular flexibility index (Phi) is 3.69. The molecule has 0 aromatic carbocycles. The molecule has 0 saturated carbocycles. The molecule has 1 atom stereocenters. The summed E-state index contributed by atoms with van der Waals surface area (Å²) in [7, 11) is 1.65. The molecule has 1 amide bonds. The van der Waals surface area contributed by atoms with Crippen LogP contribution in [0.15, 0.2) is 17.5 Å². The van der Waals surface area contributed by atoms with Crippen LogP contribution < -0.4 is 5.73 Å². The summed E-state index contributed by atoms with van der Waals surface area (Å²) in [6.07, 6.45) is 5.10. The number of hydrogen-bond acceptors (Lipinski definition) is 3. The Hall–Kier alpha value is -1.31. The number of thiophene rings is 1. The molecule has 0 aliphatic rings. The SMILES string of the molecule is C#CCN(C)C(=O)C(N)c1cccs1. The number of carbonyl (C=O) groups excluding carboxylic acids is 1. The summed E-state index contributed by atoms with van der Waals surface area (Å²) in [5.41, 5.74) is 5.76. The predicted molar refractivity (Wildman–Crippen MR) is 57.7 cm³/mol. The molecule has 0 radical (unpaired) electrons. The van der Waals surface area contributed by atoms with Crippen LogP contribution in [0.2, 0.25) is 0 Å². The molecule has 0 spiro atoms. The van der Waals surface area contributed by atoms with Crippen LogP contribution in [0.3, 0.4) is 0 Å². The number of nitrogens with two attached hydrogens (primary N) is 1. The van der Waals surface area contributed by atoms with E-state index in [-0.39, 0.29) is 12.5 Å². The Balaban J connectivity index is 2.67. The maximum atomic E-state index is 11.6. The predicted octanol–water partition coefficient (Wildman–Crippen LogP) is 0.839. The molecule has 1 unspecified atom stereocenters. The van der Waals surface area contributed by atoms with Crippen LogP contribution >= 0.6 is 11.3 Å². The van der Waals surface area contributed by atoms with Crippen molar-refractivity contribution in [3.05, 3.63) is 22.4 Å². The zero-order chi connectivity index (χ0) is 10.6. The molecular weight excluding hydrogens is 196 g/mol. The summed E-state index contributed by atoms with van der Waals surface area (Å²) in [4.78, 5) is 14.0. The van der Waals surface area contributed by atoms with Crippen LogP contribution in [0, 0.1) is 12.3 Å². The third-order valence-electron chi connectivity index (χ3n) is 1.82. The van der Waals surface area contributed by atoms with Crippen LogP contribution in [0.5, 0.6) is 0 Å². The Labute approximate surface area is 87.5 Å². The smallest absolute Gasteiger partial charge is 0.245 e. The molecule has 74 valence electrons. The number of amides is 1. The molecule has 0 bridgehead atoms. The van der Waals surface area contributed by atoms with Gasteiger partial charge in [0.2, 0.25) is 5.91 Å². The van der Waals surface area contributed by atoms with E-state index in [0.29, 0.717) is 0 Å². The summed E-state index contributed by atoms with van der Waals surface area (Å²) < 4.78 is 0. The maximum Gasteiger partial charge on any atom is 0.245 e. The lowest BCUT2D eigenvalue weighted by molar-refractivity contribution is -0.130. The third kappa shape index (κ3) is 2.34. The highest BCUT2D eigenvalue weighted by atomic mass is 32.1. The Morgan fingerprint density at radius 3 is 3.07 bits per heavy atom. The Morgan fingerprint density at radius 2 is 2.57 bits per heavy atom. The third-order valence-corrected chi connectivity index (χ3v) is 2.78. The van der Waals surface area contributed by atoms with Gasteiger partial charge in [-0.1, -0.05) is 12.0 Å². The average molecular weight is 208 g/mol. The fourth-order valence-electron chi connectivity index (χ4n) is 1.04. The van der Waals surface area contributed by atoms with Crippen molar-refractivity contribution in [2.75, 3.05) is 13.6 Å². The zero-order valence-electron chi connectivity index (χ0n) is 7.93. The highest BCUT2D eigenvalue weighted by Crippen LogP contribution is 2.18.